The minimum atomic E-state index is -0.881. The number of hydrogen-bond acceptors (Lipinski definition) is 5. The number of ether oxygens (including phenoxy) is 1. The molecule has 0 aliphatic rings. The molecule has 8 nitrogen and oxygen atoms in total. The van der Waals surface area contributed by atoms with Crippen molar-refractivity contribution >= 4 is 52.8 Å². The van der Waals surface area contributed by atoms with Crippen LogP contribution in [0.15, 0.2) is 47.6 Å². The van der Waals surface area contributed by atoms with Crippen molar-refractivity contribution in [1.82, 2.24) is 10.7 Å². The van der Waals surface area contributed by atoms with Gasteiger partial charge < -0.3 is 15.4 Å². The van der Waals surface area contributed by atoms with Crippen LogP contribution >= 0.6 is 23.2 Å². The lowest BCUT2D eigenvalue weighted by Gasteiger charge is -2.11. The van der Waals surface area contributed by atoms with Crippen LogP contribution in [0.25, 0.3) is 0 Å². The van der Waals surface area contributed by atoms with E-state index in [4.69, 9.17) is 27.9 Å². The second kappa shape index (κ2) is 11.9. The summed E-state index contributed by atoms with van der Waals surface area (Å²) in [5.41, 5.74) is 3.02. The summed E-state index contributed by atoms with van der Waals surface area (Å²) in [7, 11) is 0. The molecule has 0 radical (unpaired) electrons. The molecule has 0 fully saturated rings. The Hall–Kier alpha value is -3.10. The van der Waals surface area contributed by atoms with Crippen LogP contribution in [-0.4, -0.2) is 37.1 Å². The van der Waals surface area contributed by atoms with Crippen molar-refractivity contribution in [1.29, 1.82) is 0 Å². The lowest BCUT2D eigenvalue weighted by molar-refractivity contribution is -0.139. The number of carbonyl (C=O) groups is 3. The summed E-state index contributed by atoms with van der Waals surface area (Å²) in [4.78, 5) is 35.6. The molecule has 2 rings (SSSR count). The zero-order valence-corrected chi connectivity index (χ0v) is 18.5. The Kier molecular flexibility index (Phi) is 9.30. The number of hydrazone groups is 1. The highest BCUT2D eigenvalue weighted by Crippen LogP contribution is 2.29. The number of rotatable bonds is 8. The molecule has 164 valence electrons. The second-order valence-electron chi connectivity index (χ2n) is 6.78. The molecule has 0 aliphatic carbocycles. The number of nitrogens with zero attached hydrogens (tertiary/aromatic N) is 1. The van der Waals surface area contributed by atoms with Crippen LogP contribution in [0, 0.1) is 5.92 Å². The minimum Gasteiger partial charge on any atom is -0.483 e. The number of amides is 3. The van der Waals surface area contributed by atoms with Crippen molar-refractivity contribution in [2.45, 2.75) is 13.8 Å². The number of hydrogen-bond donors (Lipinski definition) is 3. The Morgan fingerprint density at radius 3 is 2.55 bits per heavy atom. The third-order valence-electron chi connectivity index (χ3n) is 3.75. The molecule has 0 aliphatic heterocycles. The van der Waals surface area contributed by atoms with Gasteiger partial charge in [-0.05, 0) is 30.2 Å². The fourth-order valence-electron chi connectivity index (χ4n) is 2.24. The largest absolute Gasteiger partial charge is 0.483 e. The molecular formula is C21H22Cl2N4O4. The number of halogens is 2. The van der Waals surface area contributed by atoms with E-state index in [1.807, 2.05) is 13.8 Å². The molecule has 0 atom stereocenters. The number of anilines is 1. The Labute approximate surface area is 189 Å². The fourth-order valence-corrected chi connectivity index (χ4v) is 2.58. The van der Waals surface area contributed by atoms with Crippen molar-refractivity contribution in [3.63, 3.8) is 0 Å². The first kappa shape index (κ1) is 24.2. The minimum absolute atomic E-state index is 0.219. The summed E-state index contributed by atoms with van der Waals surface area (Å²) >= 11 is 12.0. The van der Waals surface area contributed by atoms with Gasteiger partial charge in [0, 0.05) is 12.1 Å². The SMILES string of the molecule is CC(C)CNC(=O)C(=O)N/N=C\c1ccccc1OCC(=O)Nc1cccc(Cl)c1Cl. The highest BCUT2D eigenvalue weighted by atomic mass is 35.5. The molecular weight excluding hydrogens is 443 g/mol. The van der Waals surface area contributed by atoms with Crippen LogP contribution in [-0.2, 0) is 14.4 Å². The summed E-state index contributed by atoms with van der Waals surface area (Å²) in [6, 6.07) is 11.7. The van der Waals surface area contributed by atoms with E-state index in [-0.39, 0.29) is 17.5 Å². The van der Waals surface area contributed by atoms with Gasteiger partial charge in [0.15, 0.2) is 6.61 Å². The van der Waals surface area contributed by atoms with Crippen LogP contribution in [0.4, 0.5) is 5.69 Å². The molecule has 0 spiro atoms. The average molecular weight is 465 g/mol. The average Bonchev–Trinajstić information content (AvgIpc) is 2.74. The van der Waals surface area contributed by atoms with Gasteiger partial charge in [-0.1, -0.05) is 55.2 Å². The quantitative estimate of drug-likeness (QED) is 0.316. The Morgan fingerprint density at radius 2 is 1.81 bits per heavy atom. The van der Waals surface area contributed by atoms with Crippen molar-refractivity contribution in [2.24, 2.45) is 11.0 Å². The van der Waals surface area contributed by atoms with Gasteiger partial charge >= 0.3 is 11.8 Å². The molecule has 2 aromatic carbocycles. The Bertz CT molecular complexity index is 980. The van der Waals surface area contributed by atoms with E-state index in [0.29, 0.717) is 28.6 Å². The van der Waals surface area contributed by atoms with Gasteiger partial charge in [-0.15, -0.1) is 0 Å². The molecule has 0 unspecified atom stereocenters. The highest BCUT2D eigenvalue weighted by Gasteiger charge is 2.13. The van der Waals surface area contributed by atoms with Gasteiger partial charge in [-0.3, -0.25) is 14.4 Å². The van der Waals surface area contributed by atoms with E-state index in [0.717, 1.165) is 0 Å². The van der Waals surface area contributed by atoms with E-state index in [1.54, 1.807) is 42.5 Å². The molecule has 0 heterocycles. The molecule has 10 heteroatoms. The third kappa shape index (κ3) is 7.92. The van der Waals surface area contributed by atoms with E-state index >= 15 is 0 Å². The Balaban J connectivity index is 1.92. The third-order valence-corrected chi connectivity index (χ3v) is 4.57. The van der Waals surface area contributed by atoms with Gasteiger partial charge in [0.05, 0.1) is 21.9 Å². The van der Waals surface area contributed by atoms with E-state index in [1.165, 1.54) is 6.21 Å². The number of carbonyl (C=O) groups excluding carboxylic acids is 3. The Morgan fingerprint density at radius 1 is 1.06 bits per heavy atom. The highest BCUT2D eigenvalue weighted by molar-refractivity contribution is 6.44. The van der Waals surface area contributed by atoms with Gasteiger partial charge in [0.25, 0.3) is 5.91 Å². The molecule has 0 bridgehead atoms. The van der Waals surface area contributed by atoms with Crippen molar-refractivity contribution in [3.05, 3.63) is 58.1 Å². The molecule has 31 heavy (non-hydrogen) atoms. The lowest BCUT2D eigenvalue weighted by atomic mass is 10.2. The van der Waals surface area contributed by atoms with Gasteiger partial charge in [-0.25, -0.2) is 5.43 Å². The molecule has 0 saturated heterocycles. The summed E-state index contributed by atoms with van der Waals surface area (Å²) < 4.78 is 5.54. The van der Waals surface area contributed by atoms with Crippen LogP contribution in [0.3, 0.4) is 0 Å². The van der Waals surface area contributed by atoms with Crippen LogP contribution < -0.4 is 20.8 Å². The summed E-state index contributed by atoms with van der Waals surface area (Å²) in [5.74, 6) is -1.51. The maximum Gasteiger partial charge on any atom is 0.329 e. The maximum atomic E-state index is 12.2. The van der Waals surface area contributed by atoms with E-state index < -0.39 is 17.7 Å². The van der Waals surface area contributed by atoms with Gasteiger partial charge in [-0.2, -0.15) is 5.10 Å². The van der Waals surface area contributed by atoms with E-state index in [2.05, 4.69) is 21.2 Å². The summed E-state index contributed by atoms with van der Waals surface area (Å²) in [6.07, 6.45) is 1.31. The summed E-state index contributed by atoms with van der Waals surface area (Å²) in [6.45, 7) is 3.92. The number of para-hydroxylation sites is 1. The predicted octanol–water partition coefficient (Wildman–Crippen LogP) is 3.23. The van der Waals surface area contributed by atoms with Crippen LogP contribution in [0.5, 0.6) is 5.75 Å². The molecule has 3 amide bonds. The zero-order valence-electron chi connectivity index (χ0n) is 16.9. The lowest BCUT2D eigenvalue weighted by Crippen LogP contribution is -2.39. The molecule has 0 aromatic heterocycles. The number of nitrogens with one attached hydrogen (secondary N) is 3. The topological polar surface area (TPSA) is 109 Å². The molecule has 0 saturated carbocycles. The molecule has 3 N–H and O–H groups in total. The smallest absolute Gasteiger partial charge is 0.329 e. The normalized spacial score (nSPS) is 10.7. The van der Waals surface area contributed by atoms with Crippen LogP contribution in [0.2, 0.25) is 10.0 Å². The van der Waals surface area contributed by atoms with Crippen molar-refractivity contribution < 1.29 is 19.1 Å². The van der Waals surface area contributed by atoms with Crippen molar-refractivity contribution in [3.8, 4) is 5.75 Å². The predicted molar refractivity (Wildman–Crippen MR) is 121 cm³/mol. The van der Waals surface area contributed by atoms with Gasteiger partial charge in [0.1, 0.15) is 5.75 Å². The molecule has 2 aromatic rings. The zero-order chi connectivity index (χ0) is 22.8. The van der Waals surface area contributed by atoms with E-state index in [9.17, 15) is 14.4 Å². The summed E-state index contributed by atoms with van der Waals surface area (Å²) in [5, 5.41) is 9.43. The first-order valence-electron chi connectivity index (χ1n) is 9.35. The second-order valence-corrected chi connectivity index (χ2v) is 7.56. The first-order chi connectivity index (χ1) is 14.8. The van der Waals surface area contributed by atoms with Crippen molar-refractivity contribution in [2.75, 3.05) is 18.5 Å². The maximum absolute atomic E-state index is 12.2. The number of benzene rings is 2. The van der Waals surface area contributed by atoms with Crippen LogP contribution in [0.1, 0.15) is 19.4 Å². The van der Waals surface area contributed by atoms with Gasteiger partial charge in [0.2, 0.25) is 0 Å². The monoisotopic (exact) mass is 464 g/mol. The standard InChI is InChI=1S/C21H22Cl2N4O4/c1-13(2)10-24-20(29)21(30)27-25-11-14-6-3-4-9-17(14)31-12-18(28)26-16-8-5-7-15(22)19(16)23/h3-9,11,13H,10,12H2,1-2H3,(H,24,29)(H,26,28)(H,27,30)/b25-11-. The fraction of sp³-hybridized carbons (Fsp3) is 0.238. The first-order valence-corrected chi connectivity index (χ1v) is 10.1.